The van der Waals surface area contributed by atoms with Crippen molar-refractivity contribution in [1.82, 2.24) is 0 Å². The summed E-state index contributed by atoms with van der Waals surface area (Å²) in [5, 5.41) is 0. The quantitative estimate of drug-likeness (QED) is 0.602. The number of nitrogens with two attached hydrogens (primary N) is 1. The normalized spacial score (nSPS) is 28.8. The molecule has 0 spiro atoms. The zero-order chi connectivity index (χ0) is 9.68. The maximum atomic E-state index is 6.08. The summed E-state index contributed by atoms with van der Waals surface area (Å²) in [6.07, 6.45) is 9.53. The van der Waals surface area contributed by atoms with Crippen LogP contribution in [-0.4, -0.2) is 6.04 Å². The number of hydrogen-bond acceptors (Lipinski definition) is 1. The van der Waals surface area contributed by atoms with Gasteiger partial charge in [-0.05, 0) is 24.7 Å². The van der Waals surface area contributed by atoms with Crippen LogP contribution in [0.5, 0.6) is 0 Å². The Bertz CT molecular complexity index is 133. The monoisotopic (exact) mass is 183 g/mol. The molecule has 0 amide bonds. The molecular weight excluding hydrogens is 158 g/mol. The van der Waals surface area contributed by atoms with Crippen LogP contribution in [0.25, 0.3) is 0 Å². The molecule has 0 radical (unpaired) electrons. The van der Waals surface area contributed by atoms with Crippen molar-refractivity contribution in [2.24, 2.45) is 17.6 Å². The van der Waals surface area contributed by atoms with E-state index in [1.54, 1.807) is 0 Å². The first-order valence-electron chi connectivity index (χ1n) is 6.01. The van der Waals surface area contributed by atoms with Crippen LogP contribution in [0.4, 0.5) is 0 Å². The van der Waals surface area contributed by atoms with Gasteiger partial charge in [-0.3, -0.25) is 0 Å². The molecule has 0 heterocycles. The first-order chi connectivity index (χ1) is 6.25. The van der Waals surface area contributed by atoms with Crippen LogP contribution in [0.15, 0.2) is 0 Å². The SMILES string of the molecule is CCCCCCCC(N)C1CC1C. The van der Waals surface area contributed by atoms with Crippen molar-refractivity contribution in [2.75, 3.05) is 0 Å². The molecule has 13 heavy (non-hydrogen) atoms. The zero-order valence-electron chi connectivity index (χ0n) is 9.26. The Morgan fingerprint density at radius 2 is 1.85 bits per heavy atom. The van der Waals surface area contributed by atoms with Crippen LogP contribution in [0.3, 0.4) is 0 Å². The Kier molecular flexibility index (Phi) is 4.79. The summed E-state index contributed by atoms with van der Waals surface area (Å²) in [7, 11) is 0. The summed E-state index contributed by atoms with van der Waals surface area (Å²) in [4.78, 5) is 0. The number of rotatable bonds is 7. The highest BCUT2D eigenvalue weighted by atomic mass is 14.7. The largest absolute Gasteiger partial charge is 0.327 e. The molecule has 1 nitrogen and oxygen atoms in total. The second-order valence-corrected chi connectivity index (χ2v) is 4.74. The van der Waals surface area contributed by atoms with Gasteiger partial charge in [-0.15, -0.1) is 0 Å². The van der Waals surface area contributed by atoms with E-state index in [0.717, 1.165) is 11.8 Å². The Labute approximate surface area is 83.1 Å². The lowest BCUT2D eigenvalue weighted by atomic mass is 10.0. The van der Waals surface area contributed by atoms with E-state index in [1.807, 2.05) is 0 Å². The summed E-state index contributed by atoms with van der Waals surface area (Å²) in [5.74, 6) is 1.79. The molecule has 0 saturated heterocycles. The first-order valence-corrected chi connectivity index (χ1v) is 6.01. The summed E-state index contributed by atoms with van der Waals surface area (Å²) in [5.41, 5.74) is 6.08. The third-order valence-electron chi connectivity index (χ3n) is 3.36. The van der Waals surface area contributed by atoms with Crippen LogP contribution in [0, 0.1) is 11.8 Å². The average molecular weight is 183 g/mol. The highest BCUT2D eigenvalue weighted by Gasteiger charge is 2.36. The second-order valence-electron chi connectivity index (χ2n) is 4.74. The molecule has 0 aliphatic heterocycles. The Balaban J connectivity index is 1.87. The van der Waals surface area contributed by atoms with Crippen molar-refractivity contribution in [3.63, 3.8) is 0 Å². The molecule has 2 N–H and O–H groups in total. The lowest BCUT2D eigenvalue weighted by Gasteiger charge is -2.09. The van der Waals surface area contributed by atoms with Crippen LogP contribution < -0.4 is 5.73 Å². The summed E-state index contributed by atoms with van der Waals surface area (Å²) < 4.78 is 0. The van der Waals surface area contributed by atoms with E-state index in [0.29, 0.717) is 6.04 Å². The highest BCUT2D eigenvalue weighted by Crippen LogP contribution is 2.41. The highest BCUT2D eigenvalue weighted by molar-refractivity contribution is 4.90. The van der Waals surface area contributed by atoms with Gasteiger partial charge in [0.2, 0.25) is 0 Å². The topological polar surface area (TPSA) is 26.0 Å². The van der Waals surface area contributed by atoms with E-state index in [1.165, 1.54) is 44.9 Å². The standard InChI is InChI=1S/C12H25N/c1-3-4-5-6-7-8-12(13)11-9-10(11)2/h10-12H,3-9,13H2,1-2H3. The Morgan fingerprint density at radius 3 is 2.38 bits per heavy atom. The maximum absolute atomic E-state index is 6.08. The van der Waals surface area contributed by atoms with Gasteiger partial charge in [-0.1, -0.05) is 46.0 Å². The van der Waals surface area contributed by atoms with Gasteiger partial charge < -0.3 is 5.73 Å². The minimum atomic E-state index is 0.511. The second kappa shape index (κ2) is 5.64. The minimum Gasteiger partial charge on any atom is -0.327 e. The fourth-order valence-electron chi connectivity index (χ4n) is 2.15. The van der Waals surface area contributed by atoms with Crippen LogP contribution in [0.1, 0.15) is 58.8 Å². The van der Waals surface area contributed by atoms with Gasteiger partial charge >= 0.3 is 0 Å². The van der Waals surface area contributed by atoms with Crippen molar-refractivity contribution in [3.05, 3.63) is 0 Å². The first kappa shape index (κ1) is 11.0. The van der Waals surface area contributed by atoms with Gasteiger partial charge in [0.1, 0.15) is 0 Å². The molecule has 1 fully saturated rings. The predicted molar refractivity (Wildman–Crippen MR) is 58.6 cm³/mol. The van der Waals surface area contributed by atoms with Crippen molar-refractivity contribution >= 4 is 0 Å². The molecule has 1 rings (SSSR count). The summed E-state index contributed by atoms with van der Waals surface area (Å²) in [6.45, 7) is 4.58. The number of unbranched alkanes of at least 4 members (excludes halogenated alkanes) is 4. The van der Waals surface area contributed by atoms with Gasteiger partial charge in [0.05, 0.1) is 0 Å². The predicted octanol–water partition coefficient (Wildman–Crippen LogP) is 3.33. The third-order valence-corrected chi connectivity index (χ3v) is 3.36. The molecule has 1 saturated carbocycles. The molecule has 1 heteroatoms. The molecule has 0 aromatic carbocycles. The lowest BCUT2D eigenvalue weighted by Crippen LogP contribution is -2.22. The molecule has 78 valence electrons. The molecule has 3 unspecified atom stereocenters. The lowest BCUT2D eigenvalue weighted by molar-refractivity contribution is 0.486. The van der Waals surface area contributed by atoms with Crippen LogP contribution in [-0.2, 0) is 0 Å². The van der Waals surface area contributed by atoms with Crippen molar-refractivity contribution in [1.29, 1.82) is 0 Å². The van der Waals surface area contributed by atoms with E-state index in [9.17, 15) is 0 Å². The van der Waals surface area contributed by atoms with E-state index in [-0.39, 0.29) is 0 Å². The molecular formula is C12H25N. The molecule has 1 aliphatic rings. The molecule has 0 aromatic heterocycles. The van der Waals surface area contributed by atoms with Gasteiger partial charge in [-0.2, -0.15) is 0 Å². The molecule has 0 bridgehead atoms. The van der Waals surface area contributed by atoms with E-state index >= 15 is 0 Å². The van der Waals surface area contributed by atoms with Gasteiger partial charge in [0, 0.05) is 6.04 Å². The molecule has 3 atom stereocenters. The smallest absolute Gasteiger partial charge is 0.00698 e. The van der Waals surface area contributed by atoms with Gasteiger partial charge in [0.15, 0.2) is 0 Å². The van der Waals surface area contributed by atoms with Crippen molar-refractivity contribution < 1.29 is 0 Å². The van der Waals surface area contributed by atoms with E-state index < -0.39 is 0 Å². The maximum Gasteiger partial charge on any atom is 0.00698 e. The average Bonchev–Trinajstić information content (AvgIpc) is 2.82. The fourth-order valence-corrected chi connectivity index (χ4v) is 2.15. The minimum absolute atomic E-state index is 0.511. The number of hydrogen-bond donors (Lipinski definition) is 1. The van der Waals surface area contributed by atoms with Gasteiger partial charge in [-0.25, -0.2) is 0 Å². The van der Waals surface area contributed by atoms with Crippen molar-refractivity contribution in [3.8, 4) is 0 Å². The zero-order valence-corrected chi connectivity index (χ0v) is 9.26. The van der Waals surface area contributed by atoms with E-state index in [4.69, 9.17) is 5.73 Å². The Hall–Kier alpha value is -0.0400. The van der Waals surface area contributed by atoms with Gasteiger partial charge in [0.25, 0.3) is 0 Å². The van der Waals surface area contributed by atoms with Crippen LogP contribution >= 0.6 is 0 Å². The summed E-state index contributed by atoms with van der Waals surface area (Å²) in [6, 6.07) is 0.511. The third kappa shape index (κ3) is 4.12. The fraction of sp³-hybridized carbons (Fsp3) is 1.00. The Morgan fingerprint density at radius 1 is 1.23 bits per heavy atom. The van der Waals surface area contributed by atoms with Crippen molar-refractivity contribution in [2.45, 2.75) is 64.8 Å². The summed E-state index contributed by atoms with van der Waals surface area (Å²) >= 11 is 0. The van der Waals surface area contributed by atoms with Crippen LogP contribution in [0.2, 0.25) is 0 Å². The molecule has 1 aliphatic carbocycles. The van der Waals surface area contributed by atoms with E-state index in [2.05, 4.69) is 13.8 Å². The molecule has 0 aromatic rings.